The van der Waals surface area contributed by atoms with E-state index in [9.17, 15) is 0 Å². The van der Waals surface area contributed by atoms with E-state index in [1.54, 1.807) is 0 Å². The topological polar surface area (TPSA) is 48.1 Å². The number of hydrogen-bond donors (Lipinski definition) is 1. The largest absolute Gasteiger partial charge is 0.377 e. The van der Waals surface area contributed by atoms with Crippen LogP contribution in [0, 0.1) is 6.92 Å². The molecule has 1 aromatic rings. The second-order valence-corrected chi connectivity index (χ2v) is 6.29. The van der Waals surface area contributed by atoms with Crippen molar-refractivity contribution >= 4 is 11.8 Å². The third-order valence-electron chi connectivity index (χ3n) is 3.54. The van der Waals surface area contributed by atoms with Crippen LogP contribution in [0.1, 0.15) is 37.3 Å². The van der Waals surface area contributed by atoms with Crippen LogP contribution in [0.2, 0.25) is 0 Å². The minimum Gasteiger partial charge on any atom is -0.377 e. The molecule has 2 N–H and O–H groups in total. The van der Waals surface area contributed by atoms with E-state index >= 15 is 0 Å². The number of pyridine rings is 1. The zero-order valence-electron chi connectivity index (χ0n) is 11.9. The lowest BCUT2D eigenvalue weighted by Gasteiger charge is -2.12. The van der Waals surface area contributed by atoms with E-state index in [0.29, 0.717) is 6.10 Å². The molecule has 2 atom stereocenters. The SMILES string of the molecule is CCC(N)Cc1cnc(SCC2CCCO2)c(C)c1. The van der Waals surface area contributed by atoms with Crippen LogP contribution in [0.25, 0.3) is 0 Å². The second-order valence-electron chi connectivity index (χ2n) is 5.28. The van der Waals surface area contributed by atoms with Gasteiger partial charge in [-0.05, 0) is 43.7 Å². The lowest BCUT2D eigenvalue weighted by atomic mass is 10.1. The van der Waals surface area contributed by atoms with E-state index in [0.717, 1.165) is 30.2 Å². The Morgan fingerprint density at radius 2 is 2.42 bits per heavy atom. The summed E-state index contributed by atoms with van der Waals surface area (Å²) in [5.74, 6) is 1.02. The molecule has 0 bridgehead atoms. The smallest absolute Gasteiger partial charge is 0.0990 e. The highest BCUT2D eigenvalue weighted by molar-refractivity contribution is 7.99. The summed E-state index contributed by atoms with van der Waals surface area (Å²) >= 11 is 1.81. The van der Waals surface area contributed by atoms with Gasteiger partial charge in [0.05, 0.1) is 11.1 Å². The lowest BCUT2D eigenvalue weighted by molar-refractivity contribution is 0.129. The molecule has 2 unspecified atom stereocenters. The number of hydrogen-bond acceptors (Lipinski definition) is 4. The van der Waals surface area contributed by atoms with Crippen molar-refractivity contribution in [1.82, 2.24) is 4.98 Å². The van der Waals surface area contributed by atoms with Crippen LogP contribution in [-0.4, -0.2) is 29.5 Å². The highest BCUT2D eigenvalue weighted by Gasteiger charge is 2.16. The van der Waals surface area contributed by atoms with E-state index in [-0.39, 0.29) is 6.04 Å². The number of aryl methyl sites for hydroxylation is 1. The maximum Gasteiger partial charge on any atom is 0.0990 e. The minimum atomic E-state index is 0.242. The number of nitrogens with zero attached hydrogens (tertiary/aromatic N) is 1. The molecule has 0 amide bonds. The molecule has 1 aliphatic heterocycles. The van der Waals surface area contributed by atoms with Crippen LogP contribution in [0.4, 0.5) is 0 Å². The Hall–Kier alpha value is -0.580. The molecule has 19 heavy (non-hydrogen) atoms. The first kappa shape index (κ1) is 14.8. The summed E-state index contributed by atoms with van der Waals surface area (Å²) in [5.41, 5.74) is 8.48. The molecule has 3 nitrogen and oxygen atoms in total. The van der Waals surface area contributed by atoms with Crippen LogP contribution in [0.5, 0.6) is 0 Å². The van der Waals surface area contributed by atoms with Crippen LogP contribution in [-0.2, 0) is 11.2 Å². The normalized spacial score (nSPS) is 20.7. The monoisotopic (exact) mass is 280 g/mol. The Kier molecular flexibility index (Phi) is 5.67. The molecule has 2 heterocycles. The maximum atomic E-state index is 5.98. The zero-order chi connectivity index (χ0) is 13.7. The number of ether oxygens (including phenoxy) is 1. The second kappa shape index (κ2) is 7.27. The van der Waals surface area contributed by atoms with Gasteiger partial charge < -0.3 is 10.5 Å². The van der Waals surface area contributed by atoms with Crippen molar-refractivity contribution in [3.8, 4) is 0 Å². The molecule has 0 spiro atoms. The van der Waals surface area contributed by atoms with Crippen molar-refractivity contribution in [2.24, 2.45) is 5.73 Å². The summed E-state index contributed by atoms with van der Waals surface area (Å²) in [4.78, 5) is 4.58. The predicted molar refractivity (Wildman–Crippen MR) is 80.6 cm³/mol. The summed E-state index contributed by atoms with van der Waals surface area (Å²) < 4.78 is 5.64. The Morgan fingerprint density at radius 3 is 3.05 bits per heavy atom. The van der Waals surface area contributed by atoms with Crippen molar-refractivity contribution in [2.75, 3.05) is 12.4 Å². The third-order valence-corrected chi connectivity index (χ3v) is 4.78. The van der Waals surface area contributed by atoms with Gasteiger partial charge in [0.2, 0.25) is 0 Å². The number of thioether (sulfide) groups is 1. The zero-order valence-corrected chi connectivity index (χ0v) is 12.7. The van der Waals surface area contributed by atoms with E-state index in [2.05, 4.69) is 24.9 Å². The Balaban J connectivity index is 1.90. The average molecular weight is 280 g/mol. The molecular formula is C15H24N2OS. The number of nitrogens with two attached hydrogens (primary N) is 1. The maximum absolute atomic E-state index is 5.98. The van der Waals surface area contributed by atoms with Crippen LogP contribution >= 0.6 is 11.8 Å². The van der Waals surface area contributed by atoms with Gasteiger partial charge in [0.25, 0.3) is 0 Å². The van der Waals surface area contributed by atoms with Gasteiger partial charge in [-0.3, -0.25) is 0 Å². The Labute approximate surface area is 120 Å². The number of aromatic nitrogens is 1. The average Bonchev–Trinajstić information content (AvgIpc) is 2.91. The molecule has 4 heteroatoms. The molecule has 1 fully saturated rings. The van der Waals surface area contributed by atoms with Crippen molar-refractivity contribution in [3.63, 3.8) is 0 Å². The van der Waals surface area contributed by atoms with Gasteiger partial charge in [0, 0.05) is 24.6 Å². The number of rotatable bonds is 6. The first-order valence-corrected chi connectivity index (χ1v) is 8.13. The Morgan fingerprint density at radius 1 is 1.58 bits per heavy atom. The molecule has 0 radical (unpaired) electrons. The van der Waals surface area contributed by atoms with Crippen molar-refractivity contribution in [2.45, 2.75) is 56.7 Å². The van der Waals surface area contributed by atoms with Crippen LogP contribution < -0.4 is 5.73 Å². The van der Waals surface area contributed by atoms with E-state index < -0.39 is 0 Å². The van der Waals surface area contributed by atoms with Crippen LogP contribution in [0.15, 0.2) is 17.3 Å². The lowest BCUT2D eigenvalue weighted by Crippen LogP contribution is -2.21. The molecule has 0 aromatic carbocycles. The molecular weight excluding hydrogens is 256 g/mol. The van der Waals surface area contributed by atoms with Gasteiger partial charge >= 0.3 is 0 Å². The molecule has 0 saturated carbocycles. The Bertz CT molecular complexity index is 405. The van der Waals surface area contributed by atoms with Gasteiger partial charge in [0.1, 0.15) is 0 Å². The minimum absolute atomic E-state index is 0.242. The highest BCUT2D eigenvalue weighted by atomic mass is 32.2. The highest BCUT2D eigenvalue weighted by Crippen LogP contribution is 2.25. The summed E-state index contributed by atoms with van der Waals surface area (Å²) in [6.07, 6.45) is 6.70. The summed E-state index contributed by atoms with van der Waals surface area (Å²) in [5, 5.41) is 1.13. The summed E-state index contributed by atoms with van der Waals surface area (Å²) in [6.45, 7) is 5.17. The summed E-state index contributed by atoms with van der Waals surface area (Å²) in [7, 11) is 0. The molecule has 106 valence electrons. The van der Waals surface area contributed by atoms with E-state index in [1.807, 2.05) is 18.0 Å². The first-order valence-electron chi connectivity index (χ1n) is 7.14. The quantitative estimate of drug-likeness (QED) is 0.814. The summed E-state index contributed by atoms with van der Waals surface area (Å²) in [6, 6.07) is 2.46. The fourth-order valence-electron chi connectivity index (χ4n) is 2.28. The van der Waals surface area contributed by atoms with Crippen molar-refractivity contribution < 1.29 is 4.74 Å². The van der Waals surface area contributed by atoms with Gasteiger partial charge in [0.15, 0.2) is 0 Å². The molecule has 0 aliphatic carbocycles. The molecule has 1 aromatic heterocycles. The van der Waals surface area contributed by atoms with Gasteiger partial charge in [-0.1, -0.05) is 13.0 Å². The molecule has 2 rings (SSSR count). The van der Waals surface area contributed by atoms with Gasteiger partial charge in [-0.2, -0.15) is 0 Å². The van der Waals surface area contributed by atoms with Crippen LogP contribution in [0.3, 0.4) is 0 Å². The fraction of sp³-hybridized carbons (Fsp3) is 0.667. The van der Waals surface area contributed by atoms with Gasteiger partial charge in [-0.15, -0.1) is 11.8 Å². The third kappa shape index (κ3) is 4.48. The fourth-order valence-corrected chi connectivity index (χ4v) is 3.30. The van der Waals surface area contributed by atoms with E-state index in [1.165, 1.54) is 24.0 Å². The predicted octanol–water partition coefficient (Wildman–Crippen LogP) is 2.94. The first-order chi connectivity index (χ1) is 9.19. The molecule has 1 saturated heterocycles. The van der Waals surface area contributed by atoms with E-state index in [4.69, 9.17) is 10.5 Å². The van der Waals surface area contributed by atoms with Crippen molar-refractivity contribution in [3.05, 3.63) is 23.4 Å². The molecule has 1 aliphatic rings. The van der Waals surface area contributed by atoms with Gasteiger partial charge in [-0.25, -0.2) is 4.98 Å². The standard InChI is InChI=1S/C15H24N2OS/c1-3-13(16)8-12-7-11(2)15(17-9-12)19-10-14-5-4-6-18-14/h7,9,13-14H,3-6,8,10,16H2,1-2H3. The van der Waals surface area contributed by atoms with Crippen molar-refractivity contribution in [1.29, 1.82) is 0 Å².